The molecule has 0 N–H and O–H groups in total. The van der Waals surface area contributed by atoms with Gasteiger partial charge in [0.15, 0.2) is 11.5 Å². The van der Waals surface area contributed by atoms with E-state index in [1.54, 1.807) is 14.2 Å². The fourth-order valence-corrected chi connectivity index (χ4v) is 5.10. The fraction of sp³-hybridized carbons (Fsp3) is 0.538. The molecule has 2 aliphatic rings. The van der Waals surface area contributed by atoms with E-state index in [4.69, 9.17) is 14.2 Å². The Kier molecular flexibility index (Phi) is 7.55. The van der Waals surface area contributed by atoms with Gasteiger partial charge in [-0.3, -0.25) is 9.80 Å². The molecule has 0 unspecified atom stereocenters. The average Bonchev–Trinajstić information content (AvgIpc) is 3.15. The van der Waals surface area contributed by atoms with Gasteiger partial charge in [-0.15, -0.1) is 0 Å². The molecule has 0 bridgehead atoms. The third-order valence-electron chi connectivity index (χ3n) is 6.67. The van der Waals surface area contributed by atoms with E-state index in [-0.39, 0.29) is 0 Å². The van der Waals surface area contributed by atoms with Crippen molar-refractivity contribution in [3.8, 4) is 17.2 Å². The van der Waals surface area contributed by atoms with Crippen molar-refractivity contribution in [3.63, 3.8) is 0 Å². The minimum atomic E-state index is 0.367. The monoisotopic (exact) mass is 439 g/mol. The highest BCUT2D eigenvalue weighted by Crippen LogP contribution is 2.34. The maximum absolute atomic E-state index is 6.22. The lowest BCUT2D eigenvalue weighted by Crippen LogP contribution is -2.49. The molecule has 0 amide bonds. The third kappa shape index (κ3) is 5.20. The van der Waals surface area contributed by atoms with Crippen LogP contribution in [0.2, 0.25) is 0 Å². The zero-order chi connectivity index (χ0) is 22.5. The number of hydrogen-bond donors (Lipinski definition) is 0. The Balaban J connectivity index is 1.52. The van der Waals surface area contributed by atoms with Crippen LogP contribution in [0.1, 0.15) is 24.0 Å². The molecule has 0 saturated carbocycles. The minimum Gasteiger partial charge on any atom is -0.493 e. The molecule has 2 aliphatic heterocycles. The van der Waals surface area contributed by atoms with Crippen LogP contribution in [0.15, 0.2) is 42.5 Å². The Morgan fingerprint density at radius 2 is 1.84 bits per heavy atom. The van der Waals surface area contributed by atoms with Crippen LogP contribution in [0, 0.1) is 0 Å². The first-order chi connectivity index (χ1) is 15.6. The van der Waals surface area contributed by atoms with E-state index in [9.17, 15) is 0 Å². The van der Waals surface area contributed by atoms with Gasteiger partial charge in [0, 0.05) is 43.3 Å². The third-order valence-corrected chi connectivity index (χ3v) is 6.67. The van der Waals surface area contributed by atoms with Crippen LogP contribution >= 0.6 is 0 Å². The fourth-order valence-electron chi connectivity index (χ4n) is 5.10. The predicted octanol–water partition coefficient (Wildman–Crippen LogP) is 3.49. The highest BCUT2D eigenvalue weighted by Gasteiger charge is 2.32. The Labute approximate surface area is 192 Å². The molecule has 2 heterocycles. The van der Waals surface area contributed by atoms with Crippen molar-refractivity contribution < 1.29 is 14.2 Å². The van der Waals surface area contributed by atoms with E-state index in [1.165, 1.54) is 24.0 Å². The molecule has 4 rings (SSSR count). The van der Waals surface area contributed by atoms with Crippen LogP contribution < -0.4 is 14.2 Å². The zero-order valence-electron chi connectivity index (χ0n) is 19.9. The molecule has 32 heavy (non-hydrogen) atoms. The first-order valence-corrected chi connectivity index (χ1v) is 11.6. The summed E-state index contributed by atoms with van der Waals surface area (Å²) in [4.78, 5) is 7.52. The molecule has 0 radical (unpaired) electrons. The smallest absolute Gasteiger partial charge is 0.165 e. The summed E-state index contributed by atoms with van der Waals surface area (Å²) in [6.07, 6.45) is 2.45. The van der Waals surface area contributed by atoms with Gasteiger partial charge in [-0.2, -0.15) is 0 Å². The molecule has 6 heteroatoms. The Morgan fingerprint density at radius 1 is 1.00 bits per heavy atom. The number of likely N-dealkylation sites (tertiary alicyclic amines) is 1. The van der Waals surface area contributed by atoms with Crippen LogP contribution in [-0.2, 0) is 13.1 Å². The summed E-state index contributed by atoms with van der Waals surface area (Å²) in [5, 5.41) is 0. The second kappa shape index (κ2) is 10.6. The number of para-hydroxylation sites is 2. The molecule has 2 aromatic rings. The Morgan fingerprint density at radius 3 is 2.62 bits per heavy atom. The standard InChI is InChI=1S/C26H37N3O3/c1-27(2)17-23-19-32-24-12-6-5-9-20(24)15-29(23)18-22-11-8-14-28(22)16-21-10-7-13-25(30-3)26(21)31-4/h5-7,9-10,12-13,22-23H,8,11,14-19H2,1-4H3/t22-,23-/m0/s1. The number of benzene rings is 2. The van der Waals surface area contributed by atoms with E-state index in [0.29, 0.717) is 12.1 Å². The van der Waals surface area contributed by atoms with Crippen molar-refractivity contribution in [1.82, 2.24) is 14.7 Å². The summed E-state index contributed by atoms with van der Waals surface area (Å²) in [7, 11) is 7.72. The van der Waals surface area contributed by atoms with Crippen molar-refractivity contribution in [3.05, 3.63) is 53.6 Å². The van der Waals surface area contributed by atoms with Crippen LogP contribution in [-0.4, -0.2) is 81.3 Å². The SMILES string of the molecule is COc1cccc(CN2CCC[C@H]2CN2Cc3ccccc3OC[C@@H]2CN(C)C)c1OC. The predicted molar refractivity (Wildman–Crippen MR) is 128 cm³/mol. The molecular formula is C26H37N3O3. The van der Waals surface area contributed by atoms with Gasteiger partial charge < -0.3 is 19.1 Å². The minimum absolute atomic E-state index is 0.367. The summed E-state index contributed by atoms with van der Waals surface area (Å²) in [6.45, 7) is 5.69. The second-order valence-corrected chi connectivity index (χ2v) is 9.18. The number of likely N-dealkylation sites (N-methyl/N-ethyl adjacent to an activating group) is 1. The van der Waals surface area contributed by atoms with Gasteiger partial charge in [-0.1, -0.05) is 30.3 Å². The highest BCUT2D eigenvalue weighted by atomic mass is 16.5. The van der Waals surface area contributed by atoms with E-state index in [1.807, 2.05) is 6.07 Å². The normalized spacial score (nSPS) is 21.8. The van der Waals surface area contributed by atoms with Crippen molar-refractivity contribution in [2.24, 2.45) is 0 Å². The molecule has 0 spiro atoms. The average molecular weight is 440 g/mol. The summed E-state index contributed by atoms with van der Waals surface area (Å²) in [5.41, 5.74) is 2.47. The van der Waals surface area contributed by atoms with E-state index in [0.717, 1.165) is 56.6 Å². The topological polar surface area (TPSA) is 37.4 Å². The van der Waals surface area contributed by atoms with E-state index >= 15 is 0 Å². The summed E-state index contributed by atoms with van der Waals surface area (Å²) in [6, 6.07) is 15.5. The van der Waals surface area contributed by atoms with Crippen LogP contribution in [0.4, 0.5) is 0 Å². The molecule has 6 nitrogen and oxygen atoms in total. The van der Waals surface area contributed by atoms with Crippen molar-refractivity contribution in [2.45, 2.75) is 38.0 Å². The lowest BCUT2D eigenvalue weighted by molar-refractivity contribution is 0.0873. The lowest BCUT2D eigenvalue weighted by atomic mass is 10.1. The first kappa shape index (κ1) is 22.9. The van der Waals surface area contributed by atoms with Crippen molar-refractivity contribution in [2.75, 3.05) is 54.6 Å². The molecule has 0 aliphatic carbocycles. The number of ether oxygens (including phenoxy) is 3. The second-order valence-electron chi connectivity index (χ2n) is 9.18. The van der Waals surface area contributed by atoms with E-state index in [2.05, 4.69) is 65.2 Å². The number of methoxy groups -OCH3 is 2. The molecule has 2 atom stereocenters. The van der Waals surface area contributed by atoms with Gasteiger partial charge in [0.2, 0.25) is 0 Å². The lowest BCUT2D eigenvalue weighted by Gasteiger charge is -2.35. The first-order valence-electron chi connectivity index (χ1n) is 11.6. The molecule has 0 aromatic heterocycles. The van der Waals surface area contributed by atoms with Gasteiger partial charge in [0.1, 0.15) is 12.4 Å². The molecule has 1 fully saturated rings. The summed E-state index contributed by atoms with van der Waals surface area (Å²) in [5.74, 6) is 2.68. The van der Waals surface area contributed by atoms with Crippen molar-refractivity contribution >= 4 is 0 Å². The molecule has 2 aromatic carbocycles. The van der Waals surface area contributed by atoms with Crippen LogP contribution in [0.5, 0.6) is 17.2 Å². The van der Waals surface area contributed by atoms with Gasteiger partial charge >= 0.3 is 0 Å². The molecule has 1 saturated heterocycles. The Bertz CT molecular complexity index is 888. The largest absolute Gasteiger partial charge is 0.493 e. The van der Waals surface area contributed by atoms with Gasteiger partial charge in [0.05, 0.1) is 20.3 Å². The molecular weight excluding hydrogens is 402 g/mol. The zero-order valence-corrected chi connectivity index (χ0v) is 19.9. The summed E-state index contributed by atoms with van der Waals surface area (Å²) >= 11 is 0. The van der Waals surface area contributed by atoms with E-state index < -0.39 is 0 Å². The van der Waals surface area contributed by atoms with Gasteiger partial charge in [-0.25, -0.2) is 0 Å². The quantitative estimate of drug-likeness (QED) is 0.627. The number of nitrogens with zero attached hydrogens (tertiary/aromatic N) is 3. The van der Waals surface area contributed by atoms with Gasteiger partial charge in [-0.05, 0) is 45.6 Å². The number of hydrogen-bond acceptors (Lipinski definition) is 6. The molecule has 174 valence electrons. The summed E-state index contributed by atoms with van der Waals surface area (Å²) < 4.78 is 17.4. The van der Waals surface area contributed by atoms with Crippen LogP contribution in [0.3, 0.4) is 0 Å². The van der Waals surface area contributed by atoms with Crippen LogP contribution in [0.25, 0.3) is 0 Å². The maximum Gasteiger partial charge on any atom is 0.165 e. The van der Waals surface area contributed by atoms with Gasteiger partial charge in [0.25, 0.3) is 0 Å². The highest BCUT2D eigenvalue weighted by molar-refractivity contribution is 5.46. The maximum atomic E-state index is 6.22. The number of fused-ring (bicyclic) bond motifs is 1. The van der Waals surface area contributed by atoms with Crippen molar-refractivity contribution in [1.29, 1.82) is 0 Å². The number of rotatable bonds is 8. The Hall–Kier alpha value is -2.28.